The van der Waals surface area contributed by atoms with E-state index in [0.29, 0.717) is 38.3 Å². The van der Waals surface area contributed by atoms with Crippen molar-refractivity contribution < 1.29 is 79.2 Å². The molecule has 4 aromatic carbocycles. The second-order valence-corrected chi connectivity index (χ2v) is 26.7. The third-order valence-electron chi connectivity index (χ3n) is 17.4. The lowest BCUT2D eigenvalue weighted by molar-refractivity contribution is -0.138. The first-order valence-electron chi connectivity index (χ1n) is 32.4. The van der Waals surface area contributed by atoms with Gasteiger partial charge in [0.25, 0.3) is 61.4 Å². The van der Waals surface area contributed by atoms with E-state index in [2.05, 4.69) is 61.0 Å². The van der Waals surface area contributed by atoms with Gasteiger partial charge < -0.3 is 24.5 Å². The molecule has 4 atom stereocenters. The Morgan fingerprint density at radius 2 is 0.711 bits per heavy atom. The van der Waals surface area contributed by atoms with Crippen molar-refractivity contribution in [2.75, 3.05) is 76.3 Å². The smallest absolute Gasteiger partial charge is 0.269 e. The van der Waals surface area contributed by atoms with Gasteiger partial charge in [0.1, 0.15) is 34.0 Å². The van der Waals surface area contributed by atoms with Gasteiger partial charge in [0.05, 0.1) is 22.3 Å². The third kappa shape index (κ3) is 15.0. The number of carbonyl (C=O) groups is 13. The highest BCUT2D eigenvalue weighted by atomic mass is 32.2. The molecule has 0 aromatic heterocycles. The Morgan fingerprint density at radius 3 is 1.10 bits per heavy atom. The number of amides is 13. The number of piperidine rings is 4. The maximum atomic E-state index is 12.8. The van der Waals surface area contributed by atoms with Crippen LogP contribution in [0.5, 0.6) is 0 Å². The van der Waals surface area contributed by atoms with Gasteiger partial charge in [-0.25, -0.2) is 25.4 Å². The van der Waals surface area contributed by atoms with E-state index in [1.807, 2.05) is 59.7 Å². The van der Waals surface area contributed by atoms with Gasteiger partial charge in [0, 0.05) is 102 Å². The van der Waals surface area contributed by atoms with Crippen LogP contribution in [0, 0.1) is 0 Å². The average molecular weight is 1380 g/mol. The number of piperazine rings is 2. The predicted molar refractivity (Wildman–Crippen MR) is 351 cm³/mol. The molecule has 10 aliphatic rings. The fourth-order valence-electron chi connectivity index (χ4n) is 12.4. The Bertz CT molecular complexity index is 3950. The second kappa shape index (κ2) is 31.1. The maximum absolute atomic E-state index is 12.8. The molecule has 29 nitrogen and oxygen atoms in total. The van der Waals surface area contributed by atoms with Crippen molar-refractivity contribution in [2.24, 2.45) is 0 Å². The van der Waals surface area contributed by atoms with Gasteiger partial charge in [-0.2, -0.15) is 0 Å². The summed E-state index contributed by atoms with van der Waals surface area (Å²) in [5.41, 5.74) is 4.42. The summed E-state index contributed by atoms with van der Waals surface area (Å²) in [5.74, 6) is -6.54. The van der Waals surface area contributed by atoms with Gasteiger partial charge in [0.2, 0.25) is 35.4 Å². The number of rotatable bonds is 6. The van der Waals surface area contributed by atoms with Crippen molar-refractivity contribution in [1.29, 1.82) is 0 Å². The normalized spacial score (nSPS) is 23.1. The zero-order chi connectivity index (χ0) is 71.0. The van der Waals surface area contributed by atoms with Crippen LogP contribution in [0.4, 0.5) is 11.4 Å². The Labute approximate surface area is 562 Å². The van der Waals surface area contributed by atoms with E-state index >= 15 is 0 Å². The number of hydrogen-bond donors (Lipinski definition) is 4. The van der Waals surface area contributed by atoms with Crippen LogP contribution in [-0.4, -0.2) is 212 Å². The minimum Gasteiger partial charge on any atom is -0.369 e. The van der Waals surface area contributed by atoms with E-state index in [1.54, 1.807) is 29.2 Å². The van der Waals surface area contributed by atoms with Gasteiger partial charge in [-0.1, -0.05) is 65.8 Å². The van der Waals surface area contributed by atoms with Crippen molar-refractivity contribution in [1.82, 2.24) is 49.5 Å². The van der Waals surface area contributed by atoms with E-state index < -0.39 is 97.4 Å². The molecular formula is C66H80N12O17S2. The number of fused-ring (bicyclic) bond motifs is 4. The van der Waals surface area contributed by atoms with Crippen molar-refractivity contribution in [2.45, 2.75) is 133 Å². The summed E-state index contributed by atoms with van der Waals surface area (Å²) in [6.07, 6.45) is 0.988. The number of hydrogen-bond acceptors (Lipinski definition) is 21. The molecule has 6 saturated heterocycles. The molecule has 0 saturated carbocycles. The zero-order valence-electron chi connectivity index (χ0n) is 55.2. The monoisotopic (exact) mass is 1380 g/mol. The first kappa shape index (κ1) is 73.2. The largest absolute Gasteiger partial charge is 0.369 e. The summed E-state index contributed by atoms with van der Waals surface area (Å²) in [6, 6.07) is 19.0. The third-order valence-corrected chi connectivity index (χ3v) is 21.1. The van der Waals surface area contributed by atoms with Gasteiger partial charge >= 0.3 is 0 Å². The number of nitrogens with one attached hydrogen (secondary N) is 4. The molecule has 6 fully saturated rings. The molecular weight excluding hydrogens is 1300 g/mol. The Kier molecular flexibility index (Phi) is 23.5. The number of anilines is 2. The van der Waals surface area contributed by atoms with Crippen LogP contribution in [0.15, 0.2) is 94.7 Å². The zero-order valence-corrected chi connectivity index (χ0v) is 56.9. The first-order valence-corrected chi connectivity index (χ1v) is 35.2. The molecule has 14 rings (SSSR count). The van der Waals surface area contributed by atoms with Crippen LogP contribution < -0.4 is 31.1 Å². The highest BCUT2D eigenvalue weighted by Crippen LogP contribution is 2.37. The van der Waals surface area contributed by atoms with E-state index in [4.69, 9.17) is 0 Å². The molecule has 518 valence electrons. The van der Waals surface area contributed by atoms with E-state index in [0.717, 1.165) is 74.2 Å². The molecule has 0 bridgehead atoms. The van der Waals surface area contributed by atoms with Crippen LogP contribution >= 0.6 is 0 Å². The highest BCUT2D eigenvalue weighted by Gasteiger charge is 2.51. The molecule has 0 spiro atoms. The van der Waals surface area contributed by atoms with E-state index in [1.165, 1.54) is 36.4 Å². The number of carbonyl (C=O) groups excluding carboxylic acids is 13. The van der Waals surface area contributed by atoms with Crippen molar-refractivity contribution in [3.05, 3.63) is 118 Å². The van der Waals surface area contributed by atoms with Gasteiger partial charge in [-0.3, -0.25) is 88.5 Å². The predicted octanol–water partition coefficient (Wildman–Crippen LogP) is 2.39. The number of benzene rings is 4. The Morgan fingerprint density at radius 1 is 0.361 bits per heavy atom. The summed E-state index contributed by atoms with van der Waals surface area (Å²) in [5, 5.41) is 8.65. The SMILES string of the molecule is CC.CC.CC.CN1CCN(c2ccc3c(c2)C(=O)N(C2CCC(=O)NC2=O)C3=O)CC1.CN1CCN(c2ccc3c(c2)CN(C2CCC(=O)NC2=O)C3=O)CC1.O=C1CCC(N2C(=O)c3ccccc3S2(=O)=O)C(=O)N1.O=C1CCC(N2C(=O)c3ccccc3S2(=O)=O)C(=O)N1. The molecule has 0 radical (unpaired) electrons. The van der Waals surface area contributed by atoms with Crippen molar-refractivity contribution in [3.63, 3.8) is 0 Å². The van der Waals surface area contributed by atoms with E-state index in [9.17, 15) is 79.2 Å². The van der Waals surface area contributed by atoms with Gasteiger partial charge in [0.15, 0.2) is 0 Å². The van der Waals surface area contributed by atoms with Crippen LogP contribution in [0.3, 0.4) is 0 Å². The van der Waals surface area contributed by atoms with Gasteiger partial charge in [-0.15, -0.1) is 0 Å². The summed E-state index contributed by atoms with van der Waals surface area (Å²) < 4.78 is 50.6. The molecule has 0 aliphatic carbocycles. The summed E-state index contributed by atoms with van der Waals surface area (Å²) in [7, 11) is -3.88. The van der Waals surface area contributed by atoms with Crippen molar-refractivity contribution >= 4 is 108 Å². The summed E-state index contributed by atoms with van der Waals surface area (Å²) in [4.78, 5) is 167. The van der Waals surface area contributed by atoms with Crippen LogP contribution in [0.2, 0.25) is 0 Å². The first-order chi connectivity index (χ1) is 46.3. The fourth-order valence-corrected chi connectivity index (χ4v) is 15.9. The topological polar surface area (TPSA) is 364 Å². The maximum Gasteiger partial charge on any atom is 0.269 e. The summed E-state index contributed by atoms with van der Waals surface area (Å²) >= 11 is 0. The number of sulfonamides is 2. The summed E-state index contributed by atoms with van der Waals surface area (Å²) in [6.45, 7) is 20.0. The lowest BCUT2D eigenvalue weighted by Crippen LogP contribution is -2.54. The van der Waals surface area contributed by atoms with Crippen LogP contribution in [-0.2, 0) is 64.9 Å². The fraction of sp³-hybridized carbons (Fsp3) is 0.439. The molecule has 31 heteroatoms. The highest BCUT2D eigenvalue weighted by molar-refractivity contribution is 7.90. The van der Waals surface area contributed by atoms with Crippen LogP contribution in [0.25, 0.3) is 0 Å². The quantitative estimate of drug-likeness (QED) is 0.201. The van der Waals surface area contributed by atoms with E-state index in [-0.39, 0.29) is 89.5 Å². The molecule has 10 heterocycles. The minimum atomic E-state index is -4.03. The molecule has 97 heavy (non-hydrogen) atoms. The van der Waals surface area contributed by atoms with Crippen LogP contribution in [0.1, 0.15) is 150 Å². The molecule has 13 amide bonds. The standard InChI is InChI=1S/C18H20N4O4.C18H22N4O3.2C12H10N2O5S.3C2H6/c1-20-6-8-21(9-7-20)11-2-3-12-13(10-11)18(26)22(17(12)25)14-4-5-15(23)19-16(14)24;1-20-6-8-21(9-7-20)13-2-3-14-12(10-13)11-22(18(14)25)15-4-5-16(23)19-17(15)24;2*15-10-6-5-8(11(16)13-10)14-12(17)7-3-1-2-4-9(7)20(14,18)19;3*1-2/h2-3,10,14H,4-9H2,1H3,(H,19,23,24);2-3,10,15H,4-9,11H2,1H3,(H,19,23,24);2*1-4,8H,5-6H2,(H,13,15,16);3*1-2H3. The Hall–Kier alpha value is -9.59. The van der Waals surface area contributed by atoms with Crippen molar-refractivity contribution in [3.8, 4) is 0 Å². The molecule has 10 aliphatic heterocycles. The lowest BCUT2D eigenvalue weighted by Gasteiger charge is -2.34. The second-order valence-electron chi connectivity index (χ2n) is 23.1. The Balaban J connectivity index is 0.000000162. The number of nitrogens with zero attached hydrogens (tertiary/aromatic N) is 8. The minimum absolute atomic E-state index is 0.00360. The number of likely N-dealkylation sites (N-methyl/N-ethyl adjacent to an activating group) is 2. The average Bonchev–Trinajstić information content (AvgIpc) is 1.61. The molecule has 4 unspecified atom stereocenters. The molecule has 4 aromatic rings. The lowest BCUT2D eigenvalue weighted by atomic mass is 10.0. The molecule has 4 N–H and O–H groups in total. The van der Waals surface area contributed by atoms with Gasteiger partial charge in [-0.05, 0) is 106 Å². The number of imide groups is 5.